The van der Waals surface area contributed by atoms with Crippen LogP contribution in [-0.2, 0) is 4.79 Å². The molecule has 0 aromatic heterocycles. The Kier molecular flexibility index (Phi) is 5.01. The van der Waals surface area contributed by atoms with Crippen molar-refractivity contribution < 1.29 is 9.90 Å². The average Bonchev–Trinajstić information content (AvgIpc) is 2.46. The first kappa shape index (κ1) is 13.8. The molecule has 2 saturated heterocycles. The van der Waals surface area contributed by atoms with Crippen LogP contribution in [0.3, 0.4) is 0 Å². The van der Waals surface area contributed by atoms with Crippen LogP contribution in [0.25, 0.3) is 0 Å². The molecule has 1 unspecified atom stereocenters. The van der Waals surface area contributed by atoms with Gasteiger partial charge in [-0.05, 0) is 32.2 Å². The van der Waals surface area contributed by atoms with Gasteiger partial charge in [-0.1, -0.05) is 13.3 Å². The Balaban J connectivity index is 1.86. The van der Waals surface area contributed by atoms with Gasteiger partial charge in [0.2, 0.25) is 5.91 Å². The van der Waals surface area contributed by atoms with E-state index in [2.05, 4.69) is 4.90 Å². The molecule has 4 heteroatoms. The predicted octanol–water partition coefficient (Wildman–Crippen LogP) is 1.23. The van der Waals surface area contributed by atoms with E-state index in [-0.39, 0.29) is 12.5 Å². The molecule has 0 saturated carbocycles. The average molecular weight is 254 g/mol. The van der Waals surface area contributed by atoms with E-state index in [1.165, 1.54) is 12.8 Å². The summed E-state index contributed by atoms with van der Waals surface area (Å²) in [5.74, 6) is 0.283. The smallest absolute Gasteiger partial charge is 0.222 e. The maximum Gasteiger partial charge on any atom is 0.222 e. The fourth-order valence-electron chi connectivity index (χ4n) is 3.37. The molecule has 0 radical (unpaired) electrons. The molecule has 104 valence electrons. The number of nitrogens with zero attached hydrogens (tertiary/aromatic N) is 2. The molecule has 18 heavy (non-hydrogen) atoms. The molecule has 0 aliphatic carbocycles. The summed E-state index contributed by atoms with van der Waals surface area (Å²) < 4.78 is 0. The van der Waals surface area contributed by atoms with Gasteiger partial charge in [-0.25, -0.2) is 0 Å². The minimum atomic E-state index is 0.283. The second-order valence-electron chi connectivity index (χ2n) is 5.54. The molecular weight excluding hydrogens is 228 g/mol. The molecule has 1 N–H and O–H groups in total. The number of likely N-dealkylation sites (tertiary alicyclic amines) is 2. The highest BCUT2D eigenvalue weighted by atomic mass is 16.3. The topological polar surface area (TPSA) is 43.8 Å². The van der Waals surface area contributed by atoms with Crippen LogP contribution in [0.2, 0.25) is 0 Å². The summed E-state index contributed by atoms with van der Waals surface area (Å²) in [4.78, 5) is 16.1. The highest BCUT2D eigenvalue weighted by Gasteiger charge is 2.31. The van der Waals surface area contributed by atoms with Crippen LogP contribution in [-0.4, -0.2) is 59.1 Å². The van der Waals surface area contributed by atoms with Gasteiger partial charge in [0.1, 0.15) is 0 Å². The first-order chi connectivity index (χ1) is 8.76. The van der Waals surface area contributed by atoms with E-state index < -0.39 is 0 Å². The SMILES string of the molecule is CCC(=O)N1CCC(N2CCCCC2CO)CC1. The van der Waals surface area contributed by atoms with E-state index in [4.69, 9.17) is 0 Å². The van der Waals surface area contributed by atoms with Crippen LogP contribution >= 0.6 is 0 Å². The molecule has 2 rings (SSSR count). The zero-order valence-corrected chi connectivity index (χ0v) is 11.5. The summed E-state index contributed by atoms with van der Waals surface area (Å²) in [6, 6.07) is 0.931. The Morgan fingerprint density at radius 2 is 1.89 bits per heavy atom. The fourth-order valence-corrected chi connectivity index (χ4v) is 3.37. The second-order valence-corrected chi connectivity index (χ2v) is 5.54. The molecular formula is C14H26N2O2. The number of carbonyl (C=O) groups is 1. The summed E-state index contributed by atoms with van der Waals surface area (Å²) >= 11 is 0. The highest BCUT2D eigenvalue weighted by Crippen LogP contribution is 2.25. The van der Waals surface area contributed by atoms with Gasteiger partial charge in [-0.15, -0.1) is 0 Å². The van der Waals surface area contributed by atoms with Crippen molar-refractivity contribution in [2.45, 2.75) is 57.5 Å². The summed E-state index contributed by atoms with van der Waals surface area (Å²) in [6.07, 6.45) is 6.39. The number of hydrogen-bond donors (Lipinski definition) is 1. The predicted molar refractivity (Wildman–Crippen MR) is 71.3 cm³/mol. The van der Waals surface area contributed by atoms with Crippen LogP contribution in [0, 0.1) is 0 Å². The van der Waals surface area contributed by atoms with Gasteiger partial charge in [0.25, 0.3) is 0 Å². The first-order valence-electron chi connectivity index (χ1n) is 7.40. The van der Waals surface area contributed by atoms with Gasteiger partial charge < -0.3 is 10.0 Å². The Bertz CT molecular complexity index is 275. The number of aliphatic hydroxyl groups is 1. The van der Waals surface area contributed by atoms with Gasteiger partial charge in [0.05, 0.1) is 6.61 Å². The fraction of sp³-hybridized carbons (Fsp3) is 0.929. The maximum absolute atomic E-state index is 11.6. The maximum atomic E-state index is 11.6. The molecule has 1 amide bonds. The molecule has 0 aromatic rings. The standard InChI is InChI=1S/C14H26N2O2/c1-2-14(18)15-9-6-12(7-10-15)16-8-4-3-5-13(16)11-17/h12-13,17H,2-11H2,1H3. The van der Waals surface area contributed by atoms with Crippen molar-refractivity contribution in [2.75, 3.05) is 26.2 Å². The van der Waals surface area contributed by atoms with E-state index in [1.54, 1.807) is 0 Å². The first-order valence-corrected chi connectivity index (χ1v) is 7.40. The van der Waals surface area contributed by atoms with Gasteiger partial charge in [-0.3, -0.25) is 9.69 Å². The Morgan fingerprint density at radius 1 is 1.17 bits per heavy atom. The van der Waals surface area contributed by atoms with Crippen molar-refractivity contribution in [3.8, 4) is 0 Å². The summed E-state index contributed by atoms with van der Waals surface area (Å²) in [5.41, 5.74) is 0. The number of rotatable bonds is 3. The van der Waals surface area contributed by atoms with Gasteiger partial charge in [0.15, 0.2) is 0 Å². The lowest BCUT2D eigenvalue weighted by atomic mass is 9.95. The highest BCUT2D eigenvalue weighted by molar-refractivity contribution is 5.75. The van der Waals surface area contributed by atoms with Crippen molar-refractivity contribution in [3.63, 3.8) is 0 Å². The molecule has 2 aliphatic heterocycles. The van der Waals surface area contributed by atoms with E-state index in [1.807, 2.05) is 11.8 Å². The van der Waals surface area contributed by atoms with Crippen molar-refractivity contribution in [3.05, 3.63) is 0 Å². The van der Waals surface area contributed by atoms with Crippen LogP contribution in [0.5, 0.6) is 0 Å². The zero-order chi connectivity index (χ0) is 13.0. The number of hydrogen-bond acceptors (Lipinski definition) is 3. The number of carbonyl (C=O) groups excluding carboxylic acids is 1. The van der Waals surface area contributed by atoms with Crippen molar-refractivity contribution in [1.82, 2.24) is 9.80 Å². The monoisotopic (exact) mass is 254 g/mol. The van der Waals surface area contributed by atoms with Gasteiger partial charge >= 0.3 is 0 Å². The van der Waals surface area contributed by atoms with Crippen molar-refractivity contribution in [2.24, 2.45) is 0 Å². The van der Waals surface area contributed by atoms with Gasteiger partial charge in [-0.2, -0.15) is 0 Å². The van der Waals surface area contributed by atoms with Crippen molar-refractivity contribution >= 4 is 5.91 Å². The molecule has 0 spiro atoms. The molecule has 2 aliphatic rings. The number of piperidine rings is 2. The molecule has 2 heterocycles. The molecule has 2 fully saturated rings. The van der Waals surface area contributed by atoms with Gasteiger partial charge in [0, 0.05) is 31.6 Å². The third-order valence-corrected chi connectivity index (χ3v) is 4.47. The Labute approximate surface area is 110 Å². The lowest BCUT2D eigenvalue weighted by Gasteiger charge is -2.44. The normalized spacial score (nSPS) is 27.4. The third kappa shape index (κ3) is 3.04. The van der Waals surface area contributed by atoms with E-state index in [9.17, 15) is 9.90 Å². The van der Waals surface area contributed by atoms with Crippen LogP contribution < -0.4 is 0 Å². The Hall–Kier alpha value is -0.610. The quantitative estimate of drug-likeness (QED) is 0.824. The van der Waals surface area contributed by atoms with Crippen LogP contribution in [0.4, 0.5) is 0 Å². The minimum absolute atomic E-state index is 0.283. The zero-order valence-electron chi connectivity index (χ0n) is 11.5. The summed E-state index contributed by atoms with van der Waals surface area (Å²) in [5, 5.41) is 9.46. The lowest BCUT2D eigenvalue weighted by molar-refractivity contribution is -0.132. The number of aliphatic hydroxyl groups excluding tert-OH is 1. The summed E-state index contributed by atoms with van der Waals surface area (Å²) in [6.45, 7) is 5.13. The van der Waals surface area contributed by atoms with E-state index in [0.717, 1.165) is 38.9 Å². The lowest BCUT2D eigenvalue weighted by Crippen LogP contribution is -2.52. The molecule has 0 bridgehead atoms. The van der Waals surface area contributed by atoms with E-state index >= 15 is 0 Å². The molecule has 4 nitrogen and oxygen atoms in total. The molecule has 0 aromatic carbocycles. The molecule has 1 atom stereocenters. The minimum Gasteiger partial charge on any atom is -0.395 e. The Morgan fingerprint density at radius 3 is 2.50 bits per heavy atom. The number of amides is 1. The third-order valence-electron chi connectivity index (χ3n) is 4.47. The summed E-state index contributed by atoms with van der Waals surface area (Å²) in [7, 11) is 0. The second kappa shape index (κ2) is 6.53. The largest absolute Gasteiger partial charge is 0.395 e. The van der Waals surface area contributed by atoms with Crippen molar-refractivity contribution in [1.29, 1.82) is 0 Å². The van der Waals surface area contributed by atoms with Crippen LogP contribution in [0.1, 0.15) is 45.4 Å². The van der Waals surface area contributed by atoms with Crippen LogP contribution in [0.15, 0.2) is 0 Å². The van der Waals surface area contributed by atoms with E-state index in [0.29, 0.717) is 18.5 Å².